The highest BCUT2D eigenvalue weighted by Gasteiger charge is 2.34. The largest absolute Gasteiger partial charge is 0.480 e. The maximum Gasteiger partial charge on any atom is 0.329 e. The Morgan fingerprint density at radius 2 is 2.05 bits per heavy atom. The molecule has 2 rings (SSSR count). The van der Waals surface area contributed by atoms with E-state index in [4.69, 9.17) is 9.84 Å². The summed E-state index contributed by atoms with van der Waals surface area (Å²) in [5.74, 6) is -0.923. The first kappa shape index (κ1) is 14.5. The Morgan fingerprint density at radius 3 is 2.74 bits per heavy atom. The van der Waals surface area contributed by atoms with Crippen molar-refractivity contribution in [3.63, 3.8) is 0 Å². The summed E-state index contributed by atoms with van der Waals surface area (Å²) in [6.45, 7) is 1.54. The summed E-state index contributed by atoms with van der Waals surface area (Å²) in [6.07, 6.45) is 2.62. The number of hydrogen-bond donors (Lipinski definition) is 2. The fourth-order valence-corrected chi connectivity index (χ4v) is 2.77. The zero-order valence-electron chi connectivity index (χ0n) is 10.7. The average molecular weight is 328 g/mol. The third-order valence-corrected chi connectivity index (χ3v) is 4.01. The topological polar surface area (TPSA) is 58.6 Å². The fourth-order valence-electron chi connectivity index (χ4n) is 2.51. The number of carboxylic acid groups (broad SMARTS) is 1. The zero-order chi connectivity index (χ0) is 13.7. The van der Waals surface area contributed by atoms with Crippen LogP contribution >= 0.6 is 15.9 Å². The smallest absolute Gasteiger partial charge is 0.329 e. The molecule has 1 aliphatic heterocycles. The number of aliphatic carboxylic acids is 1. The lowest BCUT2D eigenvalue weighted by Crippen LogP contribution is -2.33. The van der Waals surface area contributed by atoms with Gasteiger partial charge in [0, 0.05) is 4.47 Å². The van der Waals surface area contributed by atoms with Crippen LogP contribution in [0.25, 0.3) is 0 Å². The van der Waals surface area contributed by atoms with Gasteiger partial charge in [-0.2, -0.15) is 0 Å². The van der Waals surface area contributed by atoms with E-state index in [9.17, 15) is 4.79 Å². The quantitative estimate of drug-likeness (QED) is 0.892. The van der Waals surface area contributed by atoms with Crippen LogP contribution in [0.1, 0.15) is 24.8 Å². The van der Waals surface area contributed by atoms with E-state index in [0.717, 1.165) is 42.4 Å². The van der Waals surface area contributed by atoms with Gasteiger partial charge in [-0.25, -0.2) is 4.79 Å². The molecule has 0 amide bonds. The molecule has 19 heavy (non-hydrogen) atoms. The van der Waals surface area contributed by atoms with Crippen molar-refractivity contribution < 1.29 is 14.6 Å². The fraction of sp³-hybridized carbons (Fsp3) is 0.500. The van der Waals surface area contributed by atoms with Crippen molar-refractivity contribution in [2.75, 3.05) is 19.7 Å². The van der Waals surface area contributed by atoms with Crippen LogP contribution in [-0.4, -0.2) is 30.8 Å². The van der Waals surface area contributed by atoms with Crippen LogP contribution in [0, 0.1) is 0 Å². The van der Waals surface area contributed by atoms with Crippen LogP contribution in [0.2, 0.25) is 0 Å². The molecular weight excluding hydrogens is 310 g/mol. The van der Waals surface area contributed by atoms with Crippen molar-refractivity contribution >= 4 is 21.9 Å². The van der Waals surface area contributed by atoms with Crippen molar-refractivity contribution in [2.45, 2.75) is 24.9 Å². The maximum absolute atomic E-state index is 10.8. The molecule has 1 heterocycles. The van der Waals surface area contributed by atoms with Crippen molar-refractivity contribution in [1.29, 1.82) is 0 Å². The van der Waals surface area contributed by atoms with Crippen molar-refractivity contribution in [1.82, 2.24) is 5.32 Å². The summed E-state index contributed by atoms with van der Waals surface area (Å²) in [7, 11) is 0. The zero-order valence-corrected chi connectivity index (χ0v) is 12.3. The third kappa shape index (κ3) is 3.78. The normalized spacial score (nSPS) is 23.8. The van der Waals surface area contributed by atoms with Crippen molar-refractivity contribution in [3.8, 4) is 0 Å². The summed E-state index contributed by atoms with van der Waals surface area (Å²) in [6, 6.07) is 7.97. The molecule has 4 nitrogen and oxygen atoms in total. The molecule has 0 radical (unpaired) electrons. The molecular formula is C14H18BrNO3. The number of carboxylic acids is 1. The van der Waals surface area contributed by atoms with Gasteiger partial charge >= 0.3 is 5.97 Å². The summed E-state index contributed by atoms with van der Waals surface area (Å²) >= 11 is 3.42. The molecule has 1 aliphatic rings. The molecule has 0 bridgehead atoms. The maximum atomic E-state index is 10.8. The van der Waals surface area contributed by atoms with Gasteiger partial charge < -0.3 is 15.2 Å². The predicted octanol–water partition coefficient (Wildman–Crippen LogP) is 2.52. The van der Waals surface area contributed by atoms with E-state index >= 15 is 0 Å². The summed E-state index contributed by atoms with van der Waals surface area (Å²) in [5.41, 5.74) is 0.573. The van der Waals surface area contributed by atoms with Crippen LogP contribution in [0.5, 0.6) is 0 Å². The van der Waals surface area contributed by atoms with Crippen LogP contribution in [0.15, 0.2) is 28.7 Å². The molecule has 1 aromatic carbocycles. The second-order valence-corrected chi connectivity index (χ2v) is 5.70. The van der Waals surface area contributed by atoms with E-state index in [-0.39, 0.29) is 6.61 Å². The lowest BCUT2D eigenvalue weighted by molar-refractivity contribution is -0.151. The SMILES string of the molecule is O=C(O)COC1(c2ccc(Br)cc2)CCCNCC1. The minimum absolute atomic E-state index is 0.254. The van der Waals surface area contributed by atoms with E-state index in [0.29, 0.717) is 0 Å². The average Bonchev–Trinajstić information content (AvgIpc) is 2.64. The molecule has 1 fully saturated rings. The number of ether oxygens (including phenoxy) is 1. The molecule has 1 unspecified atom stereocenters. The molecule has 2 N–H and O–H groups in total. The molecule has 0 aliphatic carbocycles. The lowest BCUT2D eigenvalue weighted by Gasteiger charge is -2.33. The Morgan fingerprint density at radius 1 is 1.32 bits per heavy atom. The van der Waals surface area contributed by atoms with Crippen molar-refractivity contribution in [2.24, 2.45) is 0 Å². The second-order valence-electron chi connectivity index (χ2n) is 4.79. The number of halogens is 1. The van der Waals surface area contributed by atoms with Gasteiger partial charge in [0.15, 0.2) is 0 Å². The van der Waals surface area contributed by atoms with Gasteiger partial charge in [-0.3, -0.25) is 0 Å². The molecule has 5 heteroatoms. The first-order valence-electron chi connectivity index (χ1n) is 6.45. The first-order valence-corrected chi connectivity index (χ1v) is 7.24. The van der Waals surface area contributed by atoms with Crippen LogP contribution in [-0.2, 0) is 15.1 Å². The van der Waals surface area contributed by atoms with E-state index in [2.05, 4.69) is 21.2 Å². The van der Waals surface area contributed by atoms with E-state index < -0.39 is 11.6 Å². The highest BCUT2D eigenvalue weighted by atomic mass is 79.9. The monoisotopic (exact) mass is 327 g/mol. The Kier molecular flexibility index (Phi) is 4.96. The van der Waals surface area contributed by atoms with Gasteiger partial charge in [-0.1, -0.05) is 28.1 Å². The third-order valence-electron chi connectivity index (χ3n) is 3.48. The van der Waals surface area contributed by atoms with Gasteiger partial charge in [0.05, 0.1) is 5.60 Å². The van der Waals surface area contributed by atoms with Gasteiger partial charge in [-0.05, 0) is 50.0 Å². The van der Waals surface area contributed by atoms with Crippen LogP contribution in [0.3, 0.4) is 0 Å². The number of benzene rings is 1. The van der Waals surface area contributed by atoms with Gasteiger partial charge in [0.2, 0.25) is 0 Å². The predicted molar refractivity (Wildman–Crippen MR) is 76.1 cm³/mol. The Balaban J connectivity index is 2.25. The number of carbonyl (C=O) groups is 1. The van der Waals surface area contributed by atoms with Crippen LogP contribution in [0.4, 0.5) is 0 Å². The first-order chi connectivity index (χ1) is 9.12. The molecule has 104 valence electrons. The van der Waals surface area contributed by atoms with Gasteiger partial charge in [0.25, 0.3) is 0 Å². The Bertz CT molecular complexity index is 425. The number of nitrogens with one attached hydrogen (secondary N) is 1. The molecule has 0 spiro atoms. The summed E-state index contributed by atoms with van der Waals surface area (Å²) in [5, 5.41) is 12.2. The van der Waals surface area contributed by atoms with Crippen molar-refractivity contribution in [3.05, 3.63) is 34.3 Å². The number of hydrogen-bond acceptors (Lipinski definition) is 3. The highest BCUT2D eigenvalue weighted by Crippen LogP contribution is 2.36. The molecule has 0 saturated carbocycles. The van der Waals surface area contributed by atoms with Gasteiger partial charge in [0.1, 0.15) is 6.61 Å². The van der Waals surface area contributed by atoms with E-state index in [1.165, 1.54) is 0 Å². The minimum atomic E-state index is -0.923. The lowest BCUT2D eigenvalue weighted by atomic mass is 9.86. The minimum Gasteiger partial charge on any atom is -0.480 e. The molecule has 1 atom stereocenters. The Hall–Kier alpha value is -0.910. The van der Waals surface area contributed by atoms with E-state index in [1.807, 2.05) is 24.3 Å². The number of rotatable bonds is 4. The standard InChI is InChI=1S/C14H18BrNO3/c15-12-4-2-11(3-5-12)14(19-10-13(17)18)6-1-8-16-9-7-14/h2-5,16H,1,6-10H2,(H,17,18). The molecule has 1 saturated heterocycles. The van der Waals surface area contributed by atoms with Gasteiger partial charge in [-0.15, -0.1) is 0 Å². The molecule has 1 aromatic rings. The highest BCUT2D eigenvalue weighted by molar-refractivity contribution is 9.10. The summed E-state index contributed by atoms with van der Waals surface area (Å²) in [4.78, 5) is 10.8. The summed E-state index contributed by atoms with van der Waals surface area (Å²) < 4.78 is 6.79. The Labute approximate surface area is 121 Å². The van der Waals surface area contributed by atoms with E-state index in [1.54, 1.807) is 0 Å². The molecule has 0 aromatic heterocycles. The second kappa shape index (κ2) is 6.50. The van der Waals surface area contributed by atoms with Crippen LogP contribution < -0.4 is 5.32 Å².